The van der Waals surface area contributed by atoms with Crippen LogP contribution in [0.15, 0.2) is 48.5 Å². The molecule has 168 valence electrons. The molecule has 6 nitrogen and oxygen atoms in total. The average molecular weight is 453 g/mol. The van der Waals surface area contributed by atoms with Gasteiger partial charge in [-0.25, -0.2) is 4.68 Å². The number of aromatic nitrogens is 2. The fourth-order valence-electron chi connectivity index (χ4n) is 3.91. The SMILES string of the molecule is Cc1ccc(Cn2nc(C)c(C(=O)NCc3cccc(CN4CCOCC4)c3)c2Cl)cc1. The van der Waals surface area contributed by atoms with E-state index in [1.54, 1.807) is 4.68 Å². The summed E-state index contributed by atoms with van der Waals surface area (Å²) >= 11 is 6.54. The topological polar surface area (TPSA) is 59.4 Å². The van der Waals surface area contributed by atoms with E-state index in [1.807, 2.05) is 31.2 Å². The molecule has 1 N–H and O–H groups in total. The number of hydrogen-bond acceptors (Lipinski definition) is 4. The van der Waals surface area contributed by atoms with Crippen molar-refractivity contribution in [3.05, 3.63) is 87.2 Å². The predicted molar refractivity (Wildman–Crippen MR) is 126 cm³/mol. The maximum absolute atomic E-state index is 12.9. The van der Waals surface area contributed by atoms with E-state index < -0.39 is 0 Å². The third kappa shape index (κ3) is 5.57. The third-order valence-corrected chi connectivity index (χ3v) is 6.08. The second-order valence-corrected chi connectivity index (χ2v) is 8.64. The Morgan fingerprint density at radius 2 is 1.75 bits per heavy atom. The first-order valence-electron chi connectivity index (χ1n) is 10.9. The number of nitrogens with zero attached hydrogens (tertiary/aromatic N) is 3. The van der Waals surface area contributed by atoms with Crippen molar-refractivity contribution >= 4 is 17.5 Å². The van der Waals surface area contributed by atoms with Crippen molar-refractivity contribution in [3.63, 3.8) is 0 Å². The van der Waals surface area contributed by atoms with Crippen LogP contribution in [0.1, 0.15) is 38.3 Å². The van der Waals surface area contributed by atoms with Gasteiger partial charge in [-0.2, -0.15) is 5.10 Å². The summed E-state index contributed by atoms with van der Waals surface area (Å²) in [5.74, 6) is -0.207. The maximum atomic E-state index is 12.9. The number of morpholine rings is 1. The molecule has 0 aliphatic carbocycles. The zero-order chi connectivity index (χ0) is 22.5. The first-order valence-corrected chi connectivity index (χ1v) is 11.3. The van der Waals surface area contributed by atoms with Gasteiger partial charge in [0.25, 0.3) is 5.91 Å². The number of nitrogens with one attached hydrogen (secondary N) is 1. The van der Waals surface area contributed by atoms with E-state index in [0.717, 1.165) is 44.0 Å². The highest BCUT2D eigenvalue weighted by molar-refractivity contribution is 6.33. The minimum absolute atomic E-state index is 0.207. The number of carbonyl (C=O) groups excluding carboxylic acids is 1. The fraction of sp³-hybridized carbons (Fsp3) is 0.360. The zero-order valence-corrected chi connectivity index (χ0v) is 19.4. The highest BCUT2D eigenvalue weighted by Gasteiger charge is 2.20. The molecule has 2 aromatic carbocycles. The van der Waals surface area contributed by atoms with E-state index in [-0.39, 0.29) is 5.91 Å². The lowest BCUT2D eigenvalue weighted by Gasteiger charge is -2.26. The predicted octanol–water partition coefficient (Wildman–Crippen LogP) is 3.96. The highest BCUT2D eigenvalue weighted by Crippen LogP contribution is 2.21. The van der Waals surface area contributed by atoms with Crippen molar-refractivity contribution < 1.29 is 9.53 Å². The maximum Gasteiger partial charge on any atom is 0.256 e. The number of aryl methyl sites for hydroxylation is 2. The number of benzene rings is 2. The summed E-state index contributed by atoms with van der Waals surface area (Å²) in [6.45, 7) is 9.19. The molecule has 1 aliphatic rings. The molecule has 0 bridgehead atoms. The Kier molecular flexibility index (Phi) is 7.25. The summed E-state index contributed by atoms with van der Waals surface area (Å²) in [6.07, 6.45) is 0. The summed E-state index contributed by atoms with van der Waals surface area (Å²) in [5, 5.41) is 7.86. The minimum atomic E-state index is -0.207. The largest absolute Gasteiger partial charge is 0.379 e. The van der Waals surface area contributed by atoms with Crippen molar-refractivity contribution in [2.45, 2.75) is 33.5 Å². The molecule has 1 amide bonds. The lowest BCUT2D eigenvalue weighted by atomic mass is 10.1. The van der Waals surface area contributed by atoms with Gasteiger partial charge in [0.1, 0.15) is 5.15 Å². The second-order valence-electron chi connectivity index (χ2n) is 8.29. The van der Waals surface area contributed by atoms with E-state index in [2.05, 4.69) is 46.5 Å². The van der Waals surface area contributed by atoms with Crippen LogP contribution in [-0.2, 0) is 24.4 Å². The Morgan fingerprint density at radius 1 is 1.03 bits per heavy atom. The van der Waals surface area contributed by atoms with Crippen LogP contribution in [0.2, 0.25) is 5.15 Å². The van der Waals surface area contributed by atoms with Crippen LogP contribution in [0.5, 0.6) is 0 Å². The fourth-order valence-corrected chi connectivity index (χ4v) is 4.23. The van der Waals surface area contributed by atoms with Crippen LogP contribution in [0.3, 0.4) is 0 Å². The van der Waals surface area contributed by atoms with Crippen LogP contribution < -0.4 is 5.32 Å². The van der Waals surface area contributed by atoms with Gasteiger partial charge in [0.15, 0.2) is 0 Å². The molecule has 0 saturated carbocycles. The Balaban J connectivity index is 1.39. The molecule has 0 radical (unpaired) electrons. The average Bonchev–Trinajstić information content (AvgIpc) is 3.07. The van der Waals surface area contributed by atoms with Gasteiger partial charge in [0.2, 0.25) is 0 Å². The summed E-state index contributed by atoms with van der Waals surface area (Å²) in [6, 6.07) is 16.5. The third-order valence-electron chi connectivity index (χ3n) is 5.70. The molecule has 1 saturated heterocycles. The van der Waals surface area contributed by atoms with Crippen LogP contribution in [0.4, 0.5) is 0 Å². The molecule has 1 aliphatic heterocycles. The van der Waals surface area contributed by atoms with Crippen molar-refractivity contribution in [1.29, 1.82) is 0 Å². The lowest BCUT2D eigenvalue weighted by molar-refractivity contribution is 0.0342. The highest BCUT2D eigenvalue weighted by atomic mass is 35.5. The first-order chi connectivity index (χ1) is 15.5. The van der Waals surface area contributed by atoms with Gasteiger partial charge >= 0.3 is 0 Å². The summed E-state index contributed by atoms with van der Waals surface area (Å²) < 4.78 is 7.10. The molecule has 1 aromatic heterocycles. The molecule has 7 heteroatoms. The number of rotatable bonds is 7. The minimum Gasteiger partial charge on any atom is -0.379 e. The smallest absolute Gasteiger partial charge is 0.256 e. The van der Waals surface area contributed by atoms with Crippen LogP contribution in [0.25, 0.3) is 0 Å². The summed E-state index contributed by atoms with van der Waals surface area (Å²) in [4.78, 5) is 15.3. The second kappa shape index (κ2) is 10.3. The van der Waals surface area contributed by atoms with E-state index in [0.29, 0.717) is 29.5 Å². The number of ether oxygens (including phenoxy) is 1. The van der Waals surface area contributed by atoms with Gasteiger partial charge in [-0.15, -0.1) is 0 Å². The molecule has 2 heterocycles. The number of halogens is 1. The van der Waals surface area contributed by atoms with Gasteiger partial charge in [0, 0.05) is 26.2 Å². The first kappa shape index (κ1) is 22.5. The zero-order valence-electron chi connectivity index (χ0n) is 18.6. The van der Waals surface area contributed by atoms with Gasteiger partial charge in [-0.1, -0.05) is 65.7 Å². The van der Waals surface area contributed by atoms with E-state index in [4.69, 9.17) is 16.3 Å². The van der Waals surface area contributed by atoms with Gasteiger partial charge in [0.05, 0.1) is 31.0 Å². The molecular formula is C25H29ClN4O2. The Hall–Kier alpha value is -2.67. The summed E-state index contributed by atoms with van der Waals surface area (Å²) in [5.41, 5.74) is 5.64. The molecule has 0 spiro atoms. The van der Waals surface area contributed by atoms with Crippen LogP contribution >= 0.6 is 11.6 Å². The van der Waals surface area contributed by atoms with Crippen molar-refractivity contribution in [2.75, 3.05) is 26.3 Å². The standard InChI is InChI=1S/C25H29ClN4O2/c1-18-6-8-20(9-7-18)17-30-24(26)23(19(2)28-30)25(31)27-15-21-4-3-5-22(14-21)16-29-10-12-32-13-11-29/h3-9,14H,10-13,15-17H2,1-2H3,(H,27,31). The van der Waals surface area contributed by atoms with Gasteiger partial charge in [-0.3, -0.25) is 9.69 Å². The molecule has 0 unspecified atom stereocenters. The van der Waals surface area contributed by atoms with Gasteiger partial charge in [-0.05, 0) is 30.5 Å². The monoisotopic (exact) mass is 452 g/mol. The Labute approximate surface area is 194 Å². The summed E-state index contributed by atoms with van der Waals surface area (Å²) in [7, 11) is 0. The van der Waals surface area contributed by atoms with E-state index in [1.165, 1.54) is 11.1 Å². The van der Waals surface area contributed by atoms with Crippen molar-refractivity contribution in [3.8, 4) is 0 Å². The molecular weight excluding hydrogens is 424 g/mol. The quantitative estimate of drug-likeness (QED) is 0.589. The number of amides is 1. The molecule has 0 atom stereocenters. The van der Waals surface area contributed by atoms with Crippen molar-refractivity contribution in [2.24, 2.45) is 0 Å². The molecule has 3 aromatic rings. The number of hydrogen-bond donors (Lipinski definition) is 1. The van der Waals surface area contributed by atoms with Gasteiger partial charge < -0.3 is 10.1 Å². The molecule has 1 fully saturated rings. The Bertz CT molecular complexity index is 1070. The lowest BCUT2D eigenvalue weighted by Crippen LogP contribution is -2.35. The van der Waals surface area contributed by atoms with Crippen molar-refractivity contribution in [1.82, 2.24) is 20.0 Å². The molecule has 32 heavy (non-hydrogen) atoms. The Morgan fingerprint density at radius 3 is 2.50 bits per heavy atom. The van der Waals surface area contributed by atoms with Crippen LogP contribution in [-0.4, -0.2) is 46.9 Å². The van der Waals surface area contributed by atoms with E-state index in [9.17, 15) is 4.79 Å². The van der Waals surface area contributed by atoms with Crippen LogP contribution in [0, 0.1) is 13.8 Å². The number of carbonyl (C=O) groups is 1. The molecule has 4 rings (SSSR count). The van der Waals surface area contributed by atoms with E-state index >= 15 is 0 Å². The normalized spacial score (nSPS) is 14.5.